The molecule has 17 heavy (non-hydrogen) atoms. The number of benzene rings is 1. The highest BCUT2D eigenvalue weighted by molar-refractivity contribution is 9.10. The Morgan fingerprint density at radius 3 is 2.82 bits per heavy atom. The molecule has 0 saturated heterocycles. The predicted molar refractivity (Wildman–Crippen MR) is 69.3 cm³/mol. The third-order valence-corrected chi connectivity index (χ3v) is 2.87. The van der Waals surface area contributed by atoms with Crippen LogP contribution in [0.3, 0.4) is 0 Å². The number of rotatable bonds is 5. The van der Waals surface area contributed by atoms with Crippen LogP contribution in [0.25, 0.3) is 0 Å². The molecule has 1 rings (SSSR count). The number of halogens is 1. The van der Waals surface area contributed by atoms with Crippen molar-refractivity contribution in [2.45, 2.75) is 6.42 Å². The lowest BCUT2D eigenvalue weighted by atomic mass is 10.2. The topological polar surface area (TPSA) is 49.8 Å². The van der Waals surface area contributed by atoms with Crippen molar-refractivity contribution in [1.82, 2.24) is 4.90 Å². The van der Waals surface area contributed by atoms with Crippen molar-refractivity contribution in [3.05, 3.63) is 28.2 Å². The van der Waals surface area contributed by atoms with Crippen LogP contribution in [0.2, 0.25) is 0 Å². The molecule has 0 bridgehead atoms. The van der Waals surface area contributed by atoms with Gasteiger partial charge in [0.15, 0.2) is 0 Å². The number of carbonyl (C=O) groups excluding carboxylic acids is 1. The minimum Gasteiger partial charge on any atom is -0.507 e. The van der Waals surface area contributed by atoms with E-state index in [1.54, 1.807) is 31.2 Å². The molecule has 94 valence electrons. The zero-order valence-electron chi connectivity index (χ0n) is 9.94. The number of aromatic hydroxyl groups is 1. The molecular weight excluding hydrogens is 286 g/mol. The average molecular weight is 302 g/mol. The van der Waals surface area contributed by atoms with Crippen LogP contribution in [0.1, 0.15) is 16.8 Å². The van der Waals surface area contributed by atoms with Crippen molar-refractivity contribution >= 4 is 21.8 Å². The molecule has 0 fully saturated rings. The van der Waals surface area contributed by atoms with E-state index < -0.39 is 0 Å². The summed E-state index contributed by atoms with van der Waals surface area (Å²) in [6.07, 6.45) is 0.774. The van der Waals surface area contributed by atoms with Crippen LogP contribution in [0.15, 0.2) is 22.7 Å². The second-order valence-electron chi connectivity index (χ2n) is 3.73. The standard InChI is InChI=1S/C12H16BrNO3/c1-14(6-3-7-17-2)12(16)10-5-4-9(13)8-11(10)15/h4-5,8,15H,3,6-7H2,1-2H3. The third-order valence-electron chi connectivity index (χ3n) is 2.38. The summed E-state index contributed by atoms with van der Waals surface area (Å²) in [6, 6.07) is 4.85. The van der Waals surface area contributed by atoms with E-state index in [2.05, 4.69) is 15.9 Å². The van der Waals surface area contributed by atoms with Gasteiger partial charge in [0.25, 0.3) is 5.91 Å². The first kappa shape index (κ1) is 14.0. The van der Waals surface area contributed by atoms with Gasteiger partial charge in [-0.3, -0.25) is 4.79 Å². The van der Waals surface area contributed by atoms with Crippen molar-refractivity contribution in [2.24, 2.45) is 0 Å². The predicted octanol–water partition coefficient (Wildman–Crippen LogP) is 2.26. The van der Waals surface area contributed by atoms with Crippen molar-refractivity contribution in [3.8, 4) is 5.75 Å². The summed E-state index contributed by atoms with van der Waals surface area (Å²) in [7, 11) is 3.34. The van der Waals surface area contributed by atoms with Gasteiger partial charge < -0.3 is 14.7 Å². The van der Waals surface area contributed by atoms with Gasteiger partial charge >= 0.3 is 0 Å². The molecule has 0 aliphatic heterocycles. The van der Waals surface area contributed by atoms with Crippen LogP contribution in [-0.2, 0) is 4.74 Å². The van der Waals surface area contributed by atoms with E-state index in [4.69, 9.17) is 4.74 Å². The summed E-state index contributed by atoms with van der Waals surface area (Å²) in [5.74, 6) is -0.200. The molecule has 0 aromatic heterocycles. The van der Waals surface area contributed by atoms with E-state index in [9.17, 15) is 9.90 Å². The quantitative estimate of drug-likeness (QED) is 0.849. The first-order valence-electron chi connectivity index (χ1n) is 5.29. The monoisotopic (exact) mass is 301 g/mol. The van der Waals surface area contributed by atoms with Gasteiger partial charge in [0, 0.05) is 31.8 Å². The van der Waals surface area contributed by atoms with E-state index in [1.165, 1.54) is 6.07 Å². The molecule has 0 spiro atoms. The van der Waals surface area contributed by atoms with Gasteiger partial charge in [0.2, 0.25) is 0 Å². The van der Waals surface area contributed by atoms with Gasteiger partial charge in [-0.2, -0.15) is 0 Å². The second kappa shape index (κ2) is 6.61. The molecule has 0 heterocycles. The Kier molecular flexibility index (Phi) is 5.44. The number of amides is 1. The summed E-state index contributed by atoms with van der Waals surface area (Å²) in [4.78, 5) is 13.6. The third kappa shape index (κ3) is 4.02. The minimum atomic E-state index is -0.189. The maximum absolute atomic E-state index is 12.0. The van der Waals surface area contributed by atoms with Crippen LogP contribution in [-0.4, -0.2) is 43.2 Å². The fourth-order valence-electron chi connectivity index (χ4n) is 1.44. The highest BCUT2D eigenvalue weighted by atomic mass is 79.9. The molecule has 5 heteroatoms. The molecular formula is C12H16BrNO3. The molecule has 0 aliphatic rings. The fourth-order valence-corrected chi connectivity index (χ4v) is 1.79. The lowest BCUT2D eigenvalue weighted by molar-refractivity contribution is 0.0776. The molecule has 0 aliphatic carbocycles. The number of ether oxygens (including phenoxy) is 1. The van der Waals surface area contributed by atoms with Gasteiger partial charge in [0.1, 0.15) is 5.75 Å². The van der Waals surface area contributed by atoms with Gasteiger partial charge in [-0.25, -0.2) is 0 Å². The molecule has 0 unspecified atom stereocenters. The van der Waals surface area contributed by atoms with E-state index in [0.717, 1.165) is 10.9 Å². The number of methoxy groups -OCH3 is 1. The largest absolute Gasteiger partial charge is 0.507 e. The molecule has 0 radical (unpaired) electrons. The molecule has 1 aromatic rings. The van der Waals surface area contributed by atoms with E-state index in [0.29, 0.717) is 18.7 Å². The summed E-state index contributed by atoms with van der Waals surface area (Å²) in [5, 5.41) is 9.68. The number of carbonyl (C=O) groups is 1. The Morgan fingerprint density at radius 2 is 2.24 bits per heavy atom. The van der Waals surface area contributed by atoms with Gasteiger partial charge in [0.05, 0.1) is 5.56 Å². The molecule has 4 nitrogen and oxygen atoms in total. The van der Waals surface area contributed by atoms with Crippen LogP contribution in [0, 0.1) is 0 Å². The van der Waals surface area contributed by atoms with Crippen LogP contribution >= 0.6 is 15.9 Å². The highest BCUT2D eigenvalue weighted by Gasteiger charge is 2.15. The highest BCUT2D eigenvalue weighted by Crippen LogP contribution is 2.23. The van der Waals surface area contributed by atoms with Gasteiger partial charge in [-0.15, -0.1) is 0 Å². The number of hydrogen-bond acceptors (Lipinski definition) is 3. The van der Waals surface area contributed by atoms with E-state index in [1.807, 2.05) is 0 Å². The Bertz CT molecular complexity index is 395. The number of phenolic OH excluding ortho intramolecular Hbond substituents is 1. The van der Waals surface area contributed by atoms with Crippen molar-refractivity contribution in [2.75, 3.05) is 27.3 Å². The maximum atomic E-state index is 12.0. The Morgan fingerprint density at radius 1 is 1.53 bits per heavy atom. The van der Waals surface area contributed by atoms with E-state index >= 15 is 0 Å². The van der Waals surface area contributed by atoms with E-state index in [-0.39, 0.29) is 11.7 Å². The lowest BCUT2D eigenvalue weighted by Gasteiger charge is -2.17. The SMILES string of the molecule is COCCCN(C)C(=O)c1ccc(Br)cc1O. The van der Waals surface area contributed by atoms with Crippen molar-refractivity contribution < 1.29 is 14.6 Å². The summed E-state index contributed by atoms with van der Waals surface area (Å²) in [5.41, 5.74) is 0.313. The van der Waals surface area contributed by atoms with Gasteiger partial charge in [-0.05, 0) is 24.6 Å². The molecule has 1 amide bonds. The maximum Gasteiger partial charge on any atom is 0.257 e. The Balaban J connectivity index is 2.68. The second-order valence-corrected chi connectivity index (χ2v) is 4.65. The fraction of sp³-hybridized carbons (Fsp3) is 0.417. The zero-order chi connectivity index (χ0) is 12.8. The first-order valence-corrected chi connectivity index (χ1v) is 6.08. The summed E-state index contributed by atoms with van der Waals surface area (Å²) >= 11 is 3.23. The number of hydrogen-bond donors (Lipinski definition) is 1. The van der Waals surface area contributed by atoms with Crippen molar-refractivity contribution in [3.63, 3.8) is 0 Å². The molecule has 1 aromatic carbocycles. The Labute approximate surface area is 109 Å². The lowest BCUT2D eigenvalue weighted by Crippen LogP contribution is -2.28. The average Bonchev–Trinajstić information content (AvgIpc) is 2.28. The molecule has 0 atom stereocenters. The number of phenols is 1. The first-order chi connectivity index (χ1) is 8.06. The molecule has 0 saturated carbocycles. The summed E-state index contributed by atoms with van der Waals surface area (Å²) < 4.78 is 5.67. The van der Waals surface area contributed by atoms with Crippen LogP contribution < -0.4 is 0 Å². The number of nitrogens with zero attached hydrogens (tertiary/aromatic N) is 1. The zero-order valence-corrected chi connectivity index (χ0v) is 11.5. The summed E-state index contributed by atoms with van der Waals surface area (Å²) in [6.45, 7) is 1.21. The van der Waals surface area contributed by atoms with Gasteiger partial charge in [-0.1, -0.05) is 15.9 Å². The molecule has 1 N–H and O–H groups in total. The smallest absolute Gasteiger partial charge is 0.257 e. The normalized spacial score (nSPS) is 10.3. The minimum absolute atomic E-state index is 0.0111. The van der Waals surface area contributed by atoms with Crippen LogP contribution in [0.4, 0.5) is 0 Å². The van der Waals surface area contributed by atoms with Crippen molar-refractivity contribution in [1.29, 1.82) is 0 Å². The Hall–Kier alpha value is -1.07. The van der Waals surface area contributed by atoms with Crippen LogP contribution in [0.5, 0.6) is 5.75 Å².